The number of ether oxygens (including phenoxy) is 1. The minimum atomic E-state index is 0.256. The number of hydrogen-bond acceptors (Lipinski definition) is 4. The van der Waals surface area contributed by atoms with Crippen molar-refractivity contribution in [2.45, 2.75) is 32.5 Å². The number of anilines is 1. The molecule has 1 aromatic rings. The number of aromatic nitrogens is 1. The van der Waals surface area contributed by atoms with Crippen molar-refractivity contribution in [3.63, 3.8) is 0 Å². The number of nitrogens with zero attached hydrogens (tertiary/aromatic N) is 2. The van der Waals surface area contributed by atoms with Crippen molar-refractivity contribution in [2.24, 2.45) is 5.73 Å². The van der Waals surface area contributed by atoms with Crippen LogP contribution in [0, 0.1) is 0 Å². The Morgan fingerprint density at radius 2 is 2.12 bits per heavy atom. The third-order valence-electron chi connectivity index (χ3n) is 3.00. The van der Waals surface area contributed by atoms with Crippen molar-refractivity contribution >= 4 is 5.82 Å². The van der Waals surface area contributed by atoms with Gasteiger partial charge in [0.2, 0.25) is 0 Å². The van der Waals surface area contributed by atoms with E-state index in [4.69, 9.17) is 10.5 Å². The number of morpholine rings is 1. The average Bonchev–Trinajstić information content (AvgIpc) is 2.29. The Morgan fingerprint density at radius 3 is 2.76 bits per heavy atom. The van der Waals surface area contributed by atoms with E-state index in [1.54, 1.807) is 0 Å². The lowest BCUT2D eigenvalue weighted by atomic mass is 10.1. The molecule has 0 bridgehead atoms. The third kappa shape index (κ3) is 2.96. The molecule has 0 saturated carbocycles. The second-order valence-electron chi connectivity index (χ2n) is 4.69. The van der Waals surface area contributed by atoms with Crippen molar-refractivity contribution in [1.29, 1.82) is 0 Å². The van der Waals surface area contributed by atoms with Crippen molar-refractivity contribution in [2.75, 3.05) is 24.5 Å². The summed E-state index contributed by atoms with van der Waals surface area (Å²) in [4.78, 5) is 6.81. The molecule has 0 amide bonds. The molecule has 1 aliphatic heterocycles. The molecule has 2 atom stereocenters. The summed E-state index contributed by atoms with van der Waals surface area (Å²) in [6.45, 7) is 6.68. The predicted octanol–water partition coefficient (Wildman–Crippen LogP) is 1.20. The molecule has 1 aromatic heterocycles. The molecule has 4 nitrogen and oxygen atoms in total. The average molecular weight is 235 g/mol. The van der Waals surface area contributed by atoms with Crippen LogP contribution in [0.4, 0.5) is 5.82 Å². The van der Waals surface area contributed by atoms with Gasteiger partial charge in [-0.25, -0.2) is 4.98 Å². The maximum atomic E-state index is 5.74. The molecule has 0 aliphatic carbocycles. The Labute approximate surface area is 103 Å². The van der Waals surface area contributed by atoms with E-state index < -0.39 is 0 Å². The minimum absolute atomic E-state index is 0.256. The van der Waals surface area contributed by atoms with Crippen LogP contribution in [0.1, 0.15) is 19.4 Å². The van der Waals surface area contributed by atoms with E-state index in [0.29, 0.717) is 6.54 Å². The fourth-order valence-electron chi connectivity index (χ4n) is 2.42. The lowest BCUT2D eigenvalue weighted by Gasteiger charge is -2.36. The van der Waals surface area contributed by atoms with E-state index in [-0.39, 0.29) is 12.2 Å². The first-order valence-corrected chi connectivity index (χ1v) is 6.25. The fourth-order valence-corrected chi connectivity index (χ4v) is 2.42. The standard InChI is InChI=1S/C13H21N3O/c1-10-8-16(9-11(2)17-10)13-12(5-6-14)4-3-7-15-13/h3-4,7,10-11H,5-6,8-9,14H2,1-2H3/t10-,11+. The second kappa shape index (κ2) is 5.47. The fraction of sp³-hybridized carbons (Fsp3) is 0.615. The third-order valence-corrected chi connectivity index (χ3v) is 3.00. The van der Waals surface area contributed by atoms with Gasteiger partial charge in [-0.15, -0.1) is 0 Å². The molecule has 0 aromatic carbocycles. The van der Waals surface area contributed by atoms with Gasteiger partial charge in [-0.2, -0.15) is 0 Å². The SMILES string of the molecule is C[C@@H]1CN(c2ncccc2CCN)C[C@H](C)O1. The molecule has 1 aliphatic rings. The summed E-state index contributed by atoms with van der Waals surface area (Å²) >= 11 is 0. The number of nitrogens with two attached hydrogens (primary N) is 1. The quantitative estimate of drug-likeness (QED) is 0.855. The Balaban J connectivity index is 2.20. The van der Waals surface area contributed by atoms with Gasteiger partial charge in [0.15, 0.2) is 0 Å². The molecular formula is C13H21N3O. The van der Waals surface area contributed by atoms with Gasteiger partial charge in [-0.3, -0.25) is 0 Å². The largest absolute Gasteiger partial charge is 0.372 e. The van der Waals surface area contributed by atoms with Crippen LogP contribution in [-0.4, -0.2) is 36.8 Å². The van der Waals surface area contributed by atoms with Crippen molar-refractivity contribution in [3.8, 4) is 0 Å². The van der Waals surface area contributed by atoms with Crippen LogP contribution in [0.25, 0.3) is 0 Å². The lowest BCUT2D eigenvalue weighted by Crippen LogP contribution is -2.46. The molecule has 0 spiro atoms. The Bertz CT molecular complexity index is 359. The van der Waals surface area contributed by atoms with Gasteiger partial charge in [0.1, 0.15) is 5.82 Å². The molecule has 4 heteroatoms. The highest BCUT2D eigenvalue weighted by atomic mass is 16.5. The highest BCUT2D eigenvalue weighted by Crippen LogP contribution is 2.22. The van der Waals surface area contributed by atoms with E-state index in [2.05, 4.69) is 29.8 Å². The normalized spacial score (nSPS) is 25.0. The summed E-state index contributed by atoms with van der Waals surface area (Å²) in [6, 6.07) is 4.09. The summed E-state index contributed by atoms with van der Waals surface area (Å²) in [5.74, 6) is 1.07. The minimum Gasteiger partial charge on any atom is -0.372 e. The Morgan fingerprint density at radius 1 is 1.41 bits per heavy atom. The van der Waals surface area contributed by atoms with Crippen LogP contribution >= 0.6 is 0 Å². The van der Waals surface area contributed by atoms with E-state index in [0.717, 1.165) is 25.3 Å². The Hall–Kier alpha value is -1.13. The van der Waals surface area contributed by atoms with Gasteiger partial charge in [-0.05, 0) is 38.4 Å². The first-order valence-electron chi connectivity index (χ1n) is 6.25. The zero-order chi connectivity index (χ0) is 12.3. The van der Waals surface area contributed by atoms with Crippen molar-refractivity contribution in [3.05, 3.63) is 23.9 Å². The van der Waals surface area contributed by atoms with E-state index in [1.807, 2.05) is 12.3 Å². The summed E-state index contributed by atoms with van der Waals surface area (Å²) in [7, 11) is 0. The van der Waals surface area contributed by atoms with Crippen molar-refractivity contribution in [1.82, 2.24) is 4.98 Å². The summed E-state index contributed by atoms with van der Waals surface area (Å²) in [6.07, 6.45) is 3.24. The molecule has 2 N–H and O–H groups in total. The van der Waals surface area contributed by atoms with E-state index in [1.165, 1.54) is 5.56 Å². The van der Waals surface area contributed by atoms with Gasteiger partial charge in [-0.1, -0.05) is 6.07 Å². The second-order valence-corrected chi connectivity index (χ2v) is 4.69. The smallest absolute Gasteiger partial charge is 0.131 e. The lowest BCUT2D eigenvalue weighted by molar-refractivity contribution is -0.00550. The first kappa shape index (κ1) is 12.3. The molecule has 2 rings (SSSR count). The molecule has 0 radical (unpaired) electrons. The van der Waals surface area contributed by atoms with Crippen LogP contribution in [0.5, 0.6) is 0 Å². The Kier molecular flexibility index (Phi) is 3.97. The zero-order valence-corrected chi connectivity index (χ0v) is 10.6. The molecule has 1 saturated heterocycles. The molecule has 2 heterocycles. The van der Waals surface area contributed by atoms with E-state index in [9.17, 15) is 0 Å². The van der Waals surface area contributed by atoms with Crippen LogP contribution in [0.2, 0.25) is 0 Å². The summed E-state index contributed by atoms with van der Waals surface area (Å²) < 4.78 is 5.74. The molecular weight excluding hydrogens is 214 g/mol. The monoisotopic (exact) mass is 235 g/mol. The highest BCUT2D eigenvalue weighted by Gasteiger charge is 2.24. The maximum Gasteiger partial charge on any atom is 0.131 e. The molecule has 1 fully saturated rings. The number of pyridine rings is 1. The summed E-state index contributed by atoms with van der Waals surface area (Å²) in [5.41, 5.74) is 6.88. The number of rotatable bonds is 3. The number of hydrogen-bond donors (Lipinski definition) is 1. The van der Waals surface area contributed by atoms with Gasteiger partial charge < -0.3 is 15.4 Å². The predicted molar refractivity (Wildman–Crippen MR) is 69.2 cm³/mol. The van der Waals surface area contributed by atoms with E-state index >= 15 is 0 Å². The molecule has 94 valence electrons. The maximum absolute atomic E-state index is 5.74. The van der Waals surface area contributed by atoms with Gasteiger partial charge >= 0.3 is 0 Å². The van der Waals surface area contributed by atoms with Crippen LogP contribution < -0.4 is 10.6 Å². The summed E-state index contributed by atoms with van der Waals surface area (Å²) in [5, 5.41) is 0. The topological polar surface area (TPSA) is 51.4 Å². The zero-order valence-electron chi connectivity index (χ0n) is 10.6. The van der Waals surface area contributed by atoms with Crippen LogP contribution in [-0.2, 0) is 11.2 Å². The van der Waals surface area contributed by atoms with Crippen LogP contribution in [0.3, 0.4) is 0 Å². The van der Waals surface area contributed by atoms with Crippen molar-refractivity contribution < 1.29 is 4.74 Å². The molecule has 17 heavy (non-hydrogen) atoms. The molecule has 0 unspecified atom stereocenters. The van der Waals surface area contributed by atoms with Crippen LogP contribution in [0.15, 0.2) is 18.3 Å². The first-order chi connectivity index (χ1) is 8.20. The van der Waals surface area contributed by atoms with Gasteiger partial charge in [0, 0.05) is 19.3 Å². The highest BCUT2D eigenvalue weighted by molar-refractivity contribution is 5.47. The van der Waals surface area contributed by atoms with Gasteiger partial charge in [0.05, 0.1) is 12.2 Å². The van der Waals surface area contributed by atoms with Gasteiger partial charge in [0.25, 0.3) is 0 Å².